The molecule has 1 aromatic carbocycles. The number of nitrogens with one attached hydrogen (secondary N) is 2. The summed E-state index contributed by atoms with van der Waals surface area (Å²) in [4.78, 5) is 6.58. The highest BCUT2D eigenvalue weighted by molar-refractivity contribution is 14.0. The molecule has 2 heterocycles. The van der Waals surface area contributed by atoms with Gasteiger partial charge < -0.3 is 29.6 Å². The molecule has 2 aliphatic rings. The number of benzene rings is 1. The van der Waals surface area contributed by atoms with Crippen molar-refractivity contribution in [3.05, 3.63) is 17.7 Å². The van der Waals surface area contributed by atoms with Gasteiger partial charge in [-0.1, -0.05) is 0 Å². The molecule has 0 aromatic heterocycles. The summed E-state index contributed by atoms with van der Waals surface area (Å²) >= 11 is 0. The number of hydrogen-bond acceptors (Lipinski definition) is 6. The highest BCUT2D eigenvalue weighted by atomic mass is 127. The molecule has 0 saturated carbocycles. The summed E-state index contributed by atoms with van der Waals surface area (Å²) in [6, 6.07) is 3.07. The number of nitrogens with zero attached hydrogens (tertiary/aromatic N) is 2. The van der Waals surface area contributed by atoms with Gasteiger partial charge in [0.25, 0.3) is 0 Å². The molecule has 11 heteroatoms. The molecule has 1 aromatic rings. The van der Waals surface area contributed by atoms with Crippen LogP contribution in [0.2, 0.25) is 0 Å². The van der Waals surface area contributed by atoms with E-state index in [1.807, 2.05) is 0 Å². The Balaban J connectivity index is 0.00000320. The summed E-state index contributed by atoms with van der Waals surface area (Å²) in [6.07, 6.45) is 2.08. The zero-order valence-electron chi connectivity index (χ0n) is 17.0. The predicted octanol–water partition coefficient (Wildman–Crippen LogP) is 2.41. The Hall–Kier alpha value is -1.60. The number of guanidine groups is 1. The predicted molar refractivity (Wildman–Crippen MR) is 119 cm³/mol. The lowest BCUT2D eigenvalue weighted by atomic mass is 10.1. The van der Waals surface area contributed by atoms with Crippen LogP contribution in [0.3, 0.4) is 0 Å². The van der Waals surface area contributed by atoms with E-state index in [9.17, 15) is 8.78 Å². The van der Waals surface area contributed by atoms with Gasteiger partial charge in [0.2, 0.25) is 6.79 Å². The number of fused-ring (bicyclic) bond motifs is 1. The first-order valence-electron chi connectivity index (χ1n) is 9.77. The Morgan fingerprint density at radius 2 is 1.90 bits per heavy atom. The maximum Gasteiger partial charge on any atom is 0.387 e. The molecule has 0 atom stereocenters. The summed E-state index contributed by atoms with van der Waals surface area (Å²) in [7, 11) is 1.67. The molecule has 0 unspecified atom stereocenters. The van der Waals surface area contributed by atoms with E-state index in [-0.39, 0.29) is 43.1 Å². The van der Waals surface area contributed by atoms with E-state index in [0.29, 0.717) is 23.0 Å². The zero-order chi connectivity index (χ0) is 20.5. The van der Waals surface area contributed by atoms with Gasteiger partial charge in [0.15, 0.2) is 17.5 Å². The number of rotatable bonds is 9. The van der Waals surface area contributed by atoms with Crippen LogP contribution in [0.15, 0.2) is 17.1 Å². The van der Waals surface area contributed by atoms with E-state index in [2.05, 4.69) is 25.3 Å². The minimum Gasteiger partial charge on any atom is -0.454 e. The van der Waals surface area contributed by atoms with Crippen LogP contribution >= 0.6 is 24.0 Å². The monoisotopic (exact) mass is 542 g/mol. The highest BCUT2D eigenvalue weighted by Gasteiger charge is 2.20. The van der Waals surface area contributed by atoms with Crippen LogP contribution in [0.4, 0.5) is 8.78 Å². The molecule has 30 heavy (non-hydrogen) atoms. The van der Waals surface area contributed by atoms with Gasteiger partial charge >= 0.3 is 6.61 Å². The fraction of sp³-hybridized carbons (Fsp3) is 0.632. The van der Waals surface area contributed by atoms with E-state index >= 15 is 0 Å². The molecule has 1 saturated heterocycles. The van der Waals surface area contributed by atoms with Gasteiger partial charge in [0.1, 0.15) is 5.75 Å². The van der Waals surface area contributed by atoms with E-state index in [4.69, 9.17) is 14.2 Å². The number of alkyl halides is 2. The van der Waals surface area contributed by atoms with Gasteiger partial charge in [0, 0.05) is 44.9 Å². The summed E-state index contributed by atoms with van der Waals surface area (Å²) in [5.41, 5.74) is 0.532. The minimum absolute atomic E-state index is 0. The molecule has 8 nitrogen and oxygen atoms in total. The van der Waals surface area contributed by atoms with E-state index in [0.717, 1.165) is 52.2 Å². The number of morpholine rings is 1. The average molecular weight is 542 g/mol. The van der Waals surface area contributed by atoms with Crippen molar-refractivity contribution in [1.82, 2.24) is 15.5 Å². The van der Waals surface area contributed by atoms with Gasteiger partial charge in [-0.2, -0.15) is 8.78 Å². The summed E-state index contributed by atoms with van der Waals surface area (Å²) < 4.78 is 46.0. The van der Waals surface area contributed by atoms with Gasteiger partial charge in [-0.15, -0.1) is 24.0 Å². The molecule has 2 N–H and O–H groups in total. The maximum absolute atomic E-state index is 12.7. The van der Waals surface area contributed by atoms with Crippen molar-refractivity contribution in [1.29, 1.82) is 0 Å². The second-order valence-electron chi connectivity index (χ2n) is 6.71. The van der Waals surface area contributed by atoms with Crippen molar-refractivity contribution in [3.8, 4) is 17.2 Å². The second kappa shape index (κ2) is 13.0. The largest absolute Gasteiger partial charge is 0.454 e. The Morgan fingerprint density at radius 1 is 1.17 bits per heavy atom. The van der Waals surface area contributed by atoms with Gasteiger partial charge in [-0.05, 0) is 25.5 Å². The second-order valence-corrected chi connectivity index (χ2v) is 6.71. The van der Waals surface area contributed by atoms with Crippen molar-refractivity contribution < 1.29 is 27.7 Å². The lowest BCUT2D eigenvalue weighted by molar-refractivity contribution is -0.0505. The minimum atomic E-state index is -2.92. The molecular formula is C19H29F2IN4O4. The normalized spacial score (nSPS) is 16.3. The van der Waals surface area contributed by atoms with Crippen LogP contribution in [0.1, 0.15) is 18.4 Å². The first kappa shape index (κ1) is 24.7. The smallest absolute Gasteiger partial charge is 0.387 e. The summed E-state index contributed by atoms with van der Waals surface area (Å²) in [6.45, 7) is 2.84. The van der Waals surface area contributed by atoms with Gasteiger partial charge in [0.05, 0.1) is 13.2 Å². The average Bonchev–Trinajstić information content (AvgIpc) is 3.17. The Kier molecular flexibility index (Phi) is 10.6. The molecule has 0 aliphatic carbocycles. The number of halogens is 3. The van der Waals surface area contributed by atoms with E-state index in [1.54, 1.807) is 13.1 Å². The third-order valence-corrected chi connectivity index (χ3v) is 4.74. The van der Waals surface area contributed by atoms with E-state index < -0.39 is 6.61 Å². The molecule has 2 aliphatic heterocycles. The maximum atomic E-state index is 12.7. The number of unbranched alkanes of at least 4 members (excludes halogenated alkanes) is 1. The van der Waals surface area contributed by atoms with Gasteiger partial charge in [-0.3, -0.25) is 9.89 Å². The highest BCUT2D eigenvalue weighted by Crippen LogP contribution is 2.38. The molecule has 3 rings (SSSR count). The number of ether oxygens (including phenoxy) is 4. The third kappa shape index (κ3) is 7.58. The summed E-state index contributed by atoms with van der Waals surface area (Å²) in [5, 5.41) is 6.36. The zero-order valence-corrected chi connectivity index (χ0v) is 19.3. The number of hydrogen-bond donors (Lipinski definition) is 2. The molecule has 0 bridgehead atoms. The fourth-order valence-corrected chi connectivity index (χ4v) is 3.20. The third-order valence-electron chi connectivity index (χ3n) is 4.74. The van der Waals surface area contributed by atoms with Crippen LogP contribution in [-0.2, 0) is 11.3 Å². The Morgan fingerprint density at radius 3 is 2.60 bits per heavy atom. The molecule has 170 valence electrons. The summed E-state index contributed by atoms with van der Waals surface area (Å²) in [5.74, 6) is 1.55. The van der Waals surface area contributed by atoms with Crippen LogP contribution in [0.5, 0.6) is 17.2 Å². The quantitative estimate of drug-likeness (QED) is 0.215. The molecule has 1 fully saturated rings. The lowest BCUT2D eigenvalue weighted by Crippen LogP contribution is -2.38. The van der Waals surface area contributed by atoms with Gasteiger partial charge in [-0.25, -0.2) is 0 Å². The van der Waals surface area contributed by atoms with Crippen molar-refractivity contribution >= 4 is 29.9 Å². The Labute approximate surface area is 192 Å². The molecular weight excluding hydrogens is 513 g/mol. The van der Waals surface area contributed by atoms with Crippen molar-refractivity contribution in [2.24, 2.45) is 4.99 Å². The van der Waals surface area contributed by atoms with Crippen molar-refractivity contribution in [2.45, 2.75) is 26.0 Å². The fourth-order valence-electron chi connectivity index (χ4n) is 3.20. The number of aliphatic imine (C=N–C) groups is 1. The lowest BCUT2D eigenvalue weighted by Gasteiger charge is -2.26. The van der Waals surface area contributed by atoms with Crippen molar-refractivity contribution in [3.63, 3.8) is 0 Å². The molecule has 0 amide bonds. The van der Waals surface area contributed by atoms with Crippen LogP contribution in [0.25, 0.3) is 0 Å². The first-order chi connectivity index (χ1) is 14.2. The van der Waals surface area contributed by atoms with Crippen LogP contribution in [0, 0.1) is 0 Å². The Bertz CT molecular complexity index is 691. The van der Waals surface area contributed by atoms with E-state index in [1.165, 1.54) is 6.07 Å². The van der Waals surface area contributed by atoms with Crippen LogP contribution < -0.4 is 24.8 Å². The topological polar surface area (TPSA) is 76.6 Å². The molecule has 0 radical (unpaired) electrons. The standard InChI is InChI=1S/C19H28F2N4O4.HI/c1-22-19(23-4-2-3-5-25-6-8-26-9-7-25)24-12-14-10-16-17(28-13-27-16)11-15(14)29-18(20)21;/h10-11,18H,2-9,12-13H2,1H3,(H2,22,23,24);1H. The first-order valence-corrected chi connectivity index (χ1v) is 9.77. The molecule has 0 spiro atoms. The SMILES string of the molecule is CN=C(NCCCCN1CCOCC1)NCc1cc2c(cc1OC(F)F)OCO2.I. The van der Waals surface area contributed by atoms with Crippen molar-refractivity contribution in [2.75, 3.05) is 53.2 Å². The van der Waals surface area contributed by atoms with Crippen LogP contribution in [-0.4, -0.2) is 70.7 Å².